The highest BCUT2D eigenvalue weighted by atomic mass is 35.5. The zero-order valence-electron chi connectivity index (χ0n) is 19.6. The Hall–Kier alpha value is -2.97. The lowest BCUT2D eigenvalue weighted by Gasteiger charge is -2.19. The second-order valence-electron chi connectivity index (χ2n) is 8.87. The molecule has 36 heavy (non-hydrogen) atoms. The first-order valence-electron chi connectivity index (χ1n) is 11.3. The molecular formula is C27H23Cl2N3O3S. The first-order chi connectivity index (χ1) is 17.2. The van der Waals surface area contributed by atoms with Crippen LogP contribution in [-0.2, 0) is 11.3 Å². The standard InChI is InChI=1S/C27H23Cl2N3O3S/c1-30(2)19-7-3-16(4-8-19)11-25-26(34)32(27(35)36-25)15-20(33)14-31-23-9-5-17(28)12-21(23)22-13-18(29)6-10-24(22)31/h3-13,20,33H,14-15H2,1-2H3/b25-11+/t20-/m1/s1. The van der Waals surface area contributed by atoms with Crippen LogP contribution in [-0.4, -0.2) is 52.5 Å². The van der Waals surface area contributed by atoms with E-state index in [0.717, 1.165) is 49.7 Å². The molecule has 4 aromatic rings. The molecular weight excluding hydrogens is 517 g/mol. The minimum absolute atomic E-state index is 0.107. The van der Waals surface area contributed by atoms with Crippen LogP contribution in [0, 0.1) is 0 Å². The van der Waals surface area contributed by atoms with Gasteiger partial charge >= 0.3 is 0 Å². The molecule has 0 aliphatic carbocycles. The normalized spacial score (nSPS) is 16.0. The zero-order valence-corrected chi connectivity index (χ0v) is 21.9. The van der Waals surface area contributed by atoms with Crippen molar-refractivity contribution in [2.45, 2.75) is 12.6 Å². The molecule has 0 unspecified atom stereocenters. The number of β-amino-alcohol motifs (C(OH)–C–C–N with tert-alkyl or cyclic N) is 1. The maximum absolute atomic E-state index is 13.0. The average Bonchev–Trinajstić information content (AvgIpc) is 3.27. The van der Waals surface area contributed by atoms with E-state index in [1.54, 1.807) is 18.2 Å². The van der Waals surface area contributed by atoms with Crippen molar-refractivity contribution in [3.05, 3.63) is 81.2 Å². The first-order valence-corrected chi connectivity index (χ1v) is 12.9. The van der Waals surface area contributed by atoms with E-state index in [9.17, 15) is 14.7 Å². The molecule has 3 aromatic carbocycles. The molecule has 2 heterocycles. The molecule has 0 radical (unpaired) electrons. The largest absolute Gasteiger partial charge is 0.389 e. The number of aromatic nitrogens is 1. The molecule has 1 saturated heterocycles. The van der Waals surface area contributed by atoms with Gasteiger partial charge in [0.05, 0.1) is 24.1 Å². The van der Waals surface area contributed by atoms with Crippen LogP contribution in [0.4, 0.5) is 10.5 Å². The summed E-state index contributed by atoms with van der Waals surface area (Å²) in [5, 5.41) is 13.6. The van der Waals surface area contributed by atoms with Gasteiger partial charge in [-0.1, -0.05) is 35.3 Å². The van der Waals surface area contributed by atoms with Crippen LogP contribution >= 0.6 is 35.0 Å². The van der Waals surface area contributed by atoms with Crippen molar-refractivity contribution in [2.75, 3.05) is 25.5 Å². The van der Waals surface area contributed by atoms with E-state index in [0.29, 0.717) is 15.0 Å². The third-order valence-corrected chi connectivity index (χ3v) is 7.53. The molecule has 1 fully saturated rings. The number of rotatable bonds is 6. The van der Waals surface area contributed by atoms with Crippen LogP contribution in [0.25, 0.3) is 27.9 Å². The number of nitrogens with zero attached hydrogens (tertiary/aromatic N) is 3. The SMILES string of the molecule is CN(C)c1ccc(/C=C2/SC(=O)N(C[C@H](O)Cn3c4ccc(Cl)cc4c4cc(Cl)ccc43)C2=O)cc1. The minimum Gasteiger partial charge on any atom is -0.389 e. The third-order valence-electron chi connectivity index (χ3n) is 6.16. The Morgan fingerprint density at radius 3 is 2.06 bits per heavy atom. The van der Waals surface area contributed by atoms with E-state index < -0.39 is 17.3 Å². The van der Waals surface area contributed by atoms with Crippen molar-refractivity contribution in [3.63, 3.8) is 0 Å². The Morgan fingerprint density at radius 1 is 0.917 bits per heavy atom. The smallest absolute Gasteiger partial charge is 0.293 e. The van der Waals surface area contributed by atoms with Crippen LogP contribution in [0.2, 0.25) is 10.0 Å². The third kappa shape index (κ3) is 4.72. The number of hydrogen-bond acceptors (Lipinski definition) is 5. The van der Waals surface area contributed by atoms with E-state index >= 15 is 0 Å². The minimum atomic E-state index is -0.970. The number of hydrogen-bond donors (Lipinski definition) is 1. The summed E-state index contributed by atoms with van der Waals surface area (Å²) in [5.41, 5.74) is 3.63. The fourth-order valence-corrected chi connectivity index (χ4v) is 5.59. The van der Waals surface area contributed by atoms with Gasteiger partial charge in [0, 0.05) is 51.6 Å². The van der Waals surface area contributed by atoms with Crippen molar-refractivity contribution in [3.8, 4) is 0 Å². The number of fused-ring (bicyclic) bond motifs is 3. The molecule has 184 valence electrons. The summed E-state index contributed by atoms with van der Waals surface area (Å²) in [6.07, 6.45) is 0.736. The van der Waals surface area contributed by atoms with Crippen molar-refractivity contribution >= 4 is 79.7 Å². The lowest BCUT2D eigenvalue weighted by molar-refractivity contribution is -0.123. The van der Waals surface area contributed by atoms with Gasteiger partial charge in [0.2, 0.25) is 0 Å². The molecule has 0 saturated carbocycles. The summed E-state index contributed by atoms with van der Waals surface area (Å²) < 4.78 is 1.96. The number of aliphatic hydroxyl groups is 1. The van der Waals surface area contributed by atoms with E-state index in [2.05, 4.69) is 0 Å². The number of imide groups is 1. The second kappa shape index (κ2) is 9.82. The van der Waals surface area contributed by atoms with Gasteiger partial charge in [0.15, 0.2) is 0 Å². The number of amides is 2. The maximum atomic E-state index is 13.0. The number of thioether (sulfide) groups is 1. The molecule has 1 N–H and O–H groups in total. The fraction of sp³-hybridized carbons (Fsp3) is 0.185. The Labute approximate surface area is 222 Å². The summed E-state index contributed by atoms with van der Waals surface area (Å²) in [5.74, 6) is -0.401. The van der Waals surface area contributed by atoms with Crippen molar-refractivity contribution in [2.24, 2.45) is 0 Å². The van der Waals surface area contributed by atoms with E-state index in [-0.39, 0.29) is 13.1 Å². The van der Waals surface area contributed by atoms with Gasteiger partial charge < -0.3 is 14.6 Å². The van der Waals surface area contributed by atoms with E-state index in [1.807, 2.05) is 72.1 Å². The Bertz CT molecular complexity index is 1470. The number of benzene rings is 3. The predicted octanol–water partition coefficient (Wildman–Crippen LogP) is 6.26. The highest BCUT2D eigenvalue weighted by Gasteiger charge is 2.36. The summed E-state index contributed by atoms with van der Waals surface area (Å²) in [6, 6.07) is 18.8. The Kier molecular flexibility index (Phi) is 6.74. The van der Waals surface area contributed by atoms with Crippen LogP contribution in [0.15, 0.2) is 65.6 Å². The molecule has 5 rings (SSSR count). The number of aliphatic hydroxyl groups excluding tert-OH is 1. The van der Waals surface area contributed by atoms with Crippen molar-refractivity contribution in [1.82, 2.24) is 9.47 Å². The second-order valence-corrected chi connectivity index (χ2v) is 10.7. The number of anilines is 1. The Morgan fingerprint density at radius 2 is 1.50 bits per heavy atom. The van der Waals surface area contributed by atoms with Crippen molar-refractivity contribution in [1.29, 1.82) is 0 Å². The topological polar surface area (TPSA) is 65.8 Å². The fourth-order valence-electron chi connectivity index (χ4n) is 4.40. The number of carbonyl (C=O) groups is 2. The van der Waals surface area contributed by atoms with Gasteiger partial charge in [-0.3, -0.25) is 14.5 Å². The van der Waals surface area contributed by atoms with Crippen LogP contribution in [0.3, 0.4) is 0 Å². The van der Waals surface area contributed by atoms with Gasteiger partial charge in [0.25, 0.3) is 11.1 Å². The Balaban J connectivity index is 1.37. The molecule has 1 aliphatic rings. The van der Waals surface area contributed by atoms with Gasteiger partial charge in [-0.2, -0.15) is 0 Å². The van der Waals surface area contributed by atoms with Crippen LogP contribution in [0.5, 0.6) is 0 Å². The molecule has 0 spiro atoms. The van der Waals surface area contributed by atoms with Gasteiger partial charge in [-0.25, -0.2) is 0 Å². The van der Waals surface area contributed by atoms with Gasteiger partial charge in [0.1, 0.15) is 0 Å². The highest BCUT2D eigenvalue weighted by Crippen LogP contribution is 2.35. The summed E-state index contributed by atoms with van der Waals surface area (Å²) in [7, 11) is 3.91. The van der Waals surface area contributed by atoms with E-state index in [1.165, 1.54) is 0 Å². The predicted molar refractivity (Wildman–Crippen MR) is 149 cm³/mol. The first kappa shape index (κ1) is 24.7. The summed E-state index contributed by atoms with van der Waals surface area (Å²) in [6.45, 7) is 0.0833. The molecule has 1 aromatic heterocycles. The van der Waals surface area contributed by atoms with Gasteiger partial charge in [-0.15, -0.1) is 0 Å². The van der Waals surface area contributed by atoms with E-state index in [4.69, 9.17) is 23.2 Å². The molecule has 1 aliphatic heterocycles. The molecule has 2 amide bonds. The maximum Gasteiger partial charge on any atom is 0.293 e. The van der Waals surface area contributed by atoms with Crippen LogP contribution in [0.1, 0.15) is 5.56 Å². The summed E-state index contributed by atoms with van der Waals surface area (Å²) >= 11 is 13.3. The molecule has 1 atom stereocenters. The lowest BCUT2D eigenvalue weighted by atomic mass is 10.1. The average molecular weight is 540 g/mol. The zero-order chi connectivity index (χ0) is 25.6. The summed E-state index contributed by atoms with van der Waals surface area (Å²) in [4.78, 5) is 29.1. The molecule has 0 bridgehead atoms. The monoisotopic (exact) mass is 539 g/mol. The molecule has 9 heteroatoms. The quantitative estimate of drug-likeness (QED) is 0.292. The lowest BCUT2D eigenvalue weighted by Crippen LogP contribution is -2.37. The highest BCUT2D eigenvalue weighted by molar-refractivity contribution is 8.18. The van der Waals surface area contributed by atoms with Crippen molar-refractivity contribution < 1.29 is 14.7 Å². The number of halogens is 2. The van der Waals surface area contributed by atoms with Gasteiger partial charge in [-0.05, 0) is 71.9 Å². The van der Waals surface area contributed by atoms with Crippen LogP contribution < -0.4 is 4.90 Å². The number of carbonyl (C=O) groups excluding carboxylic acids is 2. The molecule has 6 nitrogen and oxygen atoms in total.